The van der Waals surface area contributed by atoms with E-state index in [2.05, 4.69) is 4.98 Å². The highest BCUT2D eigenvalue weighted by Crippen LogP contribution is 2.28. The molecule has 1 rings (SSSR count). The molecule has 9 nitrogen and oxygen atoms in total. The zero-order valence-electron chi connectivity index (χ0n) is 16.4. The molecule has 27 heavy (non-hydrogen) atoms. The number of nitrogens with zero attached hydrogens (tertiary/aromatic N) is 3. The summed E-state index contributed by atoms with van der Waals surface area (Å²) >= 11 is 1.12. The van der Waals surface area contributed by atoms with Crippen molar-refractivity contribution in [2.45, 2.75) is 58.5 Å². The molecule has 0 atom stereocenters. The largest absolute Gasteiger partial charge is 0.530 e. The van der Waals surface area contributed by atoms with E-state index in [1.165, 1.54) is 5.38 Å². The summed E-state index contributed by atoms with van der Waals surface area (Å²) in [5.41, 5.74) is 3.75. The zero-order chi connectivity index (χ0) is 21.2. The van der Waals surface area contributed by atoms with Gasteiger partial charge in [0.15, 0.2) is 0 Å². The van der Waals surface area contributed by atoms with Gasteiger partial charge in [-0.1, -0.05) is 0 Å². The number of rotatable bonds is 6. The summed E-state index contributed by atoms with van der Waals surface area (Å²) in [6.07, 6.45) is -2.76. The first-order valence-corrected chi connectivity index (χ1v) is 9.25. The first-order valence-electron chi connectivity index (χ1n) is 8.37. The van der Waals surface area contributed by atoms with E-state index in [0.717, 1.165) is 21.1 Å². The van der Waals surface area contributed by atoms with Crippen LogP contribution >= 0.6 is 11.3 Å². The van der Waals surface area contributed by atoms with Crippen molar-refractivity contribution in [2.24, 2.45) is 5.73 Å². The third-order valence-electron chi connectivity index (χ3n) is 3.99. The molecular weight excluding hydrogens is 372 g/mol. The van der Waals surface area contributed by atoms with Gasteiger partial charge >= 0.3 is 0 Å². The van der Waals surface area contributed by atoms with Crippen LogP contribution in [0.1, 0.15) is 63.0 Å². The van der Waals surface area contributed by atoms with Crippen molar-refractivity contribution in [3.05, 3.63) is 16.1 Å². The van der Waals surface area contributed by atoms with Gasteiger partial charge in [0.2, 0.25) is 0 Å². The second kappa shape index (κ2) is 8.12. The number of thiazole rings is 1. The highest BCUT2D eigenvalue weighted by atomic mass is 32.1. The number of hydrogen-bond donors (Lipinski definition) is 1. The maximum atomic E-state index is 11.6. The molecule has 152 valence electrons. The Morgan fingerprint density at radius 1 is 1.04 bits per heavy atom. The second-order valence-electron chi connectivity index (χ2n) is 8.23. The number of nitrogens with two attached hydrogens (primary N) is 1. The number of carbonyl (C=O) groups excluding carboxylic acids is 3. The van der Waals surface area contributed by atoms with Gasteiger partial charge in [0, 0.05) is 35.5 Å². The summed E-state index contributed by atoms with van der Waals surface area (Å²) in [6, 6.07) is 0. The monoisotopic (exact) mass is 398 g/mol. The van der Waals surface area contributed by atoms with Crippen molar-refractivity contribution in [3.63, 3.8) is 0 Å². The van der Waals surface area contributed by atoms with Crippen molar-refractivity contribution < 1.29 is 24.6 Å². The third kappa shape index (κ3) is 6.09. The summed E-state index contributed by atoms with van der Waals surface area (Å²) < 4.78 is 0. The average Bonchev–Trinajstić information content (AvgIpc) is 2.93. The van der Waals surface area contributed by atoms with Gasteiger partial charge in [0.25, 0.3) is 5.91 Å². The topological polar surface area (TPSA) is 143 Å². The number of hydrogen-bond acceptors (Lipinski definition) is 7. The molecule has 0 aliphatic carbocycles. The molecule has 10 heteroatoms. The first-order chi connectivity index (χ1) is 12.1. The van der Waals surface area contributed by atoms with Crippen LogP contribution in [0.3, 0.4) is 0 Å². The van der Waals surface area contributed by atoms with Crippen LogP contribution in [-0.2, 0) is 0 Å². The molecule has 0 saturated heterocycles. The lowest BCUT2D eigenvalue weighted by Crippen LogP contribution is -2.56. The molecule has 1 heterocycles. The van der Waals surface area contributed by atoms with E-state index in [4.69, 9.17) is 5.73 Å². The van der Waals surface area contributed by atoms with Gasteiger partial charge in [-0.3, -0.25) is 4.79 Å². The minimum atomic E-state index is -1.38. The van der Waals surface area contributed by atoms with E-state index in [0.29, 0.717) is 5.01 Å². The lowest BCUT2D eigenvalue weighted by molar-refractivity contribution is -0.272. The Labute approximate surface area is 162 Å². The smallest absolute Gasteiger partial charge is 0.268 e. The fourth-order valence-electron chi connectivity index (χ4n) is 2.49. The lowest BCUT2D eigenvalue weighted by atomic mass is 10.00. The molecule has 0 radical (unpaired) electrons. The Kier molecular flexibility index (Phi) is 6.82. The van der Waals surface area contributed by atoms with Gasteiger partial charge in [-0.25, -0.2) is 4.98 Å². The lowest BCUT2D eigenvalue weighted by Gasteiger charge is -2.43. The van der Waals surface area contributed by atoms with Crippen molar-refractivity contribution in [1.29, 1.82) is 0 Å². The number of carboxylic acid groups (broad SMARTS) is 2. The number of amides is 3. The fraction of sp³-hybridized carbons (Fsp3) is 0.647. The standard InChI is InChI=1S/C17H28N4O5S/c1-16(2,3)20(14(23)24)7-10(8-21(15(25)26)17(4,5)6)13-19-11(9-27-13)12(18)22/h9-10H,7-8H2,1-6H3,(H2,18,22)(H,23,24)(H,25,26)/p-2. The summed E-state index contributed by atoms with van der Waals surface area (Å²) in [7, 11) is 0. The maximum Gasteiger partial charge on any atom is 0.268 e. The van der Waals surface area contributed by atoms with Crippen molar-refractivity contribution in [1.82, 2.24) is 14.8 Å². The Morgan fingerprint density at radius 3 is 1.70 bits per heavy atom. The molecule has 0 saturated carbocycles. The molecule has 0 unspecified atom stereocenters. The highest BCUT2D eigenvalue weighted by molar-refractivity contribution is 7.09. The summed E-state index contributed by atoms with van der Waals surface area (Å²) in [5.74, 6) is -1.34. The van der Waals surface area contributed by atoms with Crippen LogP contribution in [0.5, 0.6) is 0 Å². The minimum absolute atomic E-state index is 0.0477. The van der Waals surface area contributed by atoms with Crippen LogP contribution in [0.15, 0.2) is 5.38 Å². The van der Waals surface area contributed by atoms with Gasteiger partial charge in [-0.05, 0) is 41.5 Å². The summed E-state index contributed by atoms with van der Waals surface area (Å²) in [4.78, 5) is 41.0. The van der Waals surface area contributed by atoms with E-state index < -0.39 is 35.1 Å². The summed E-state index contributed by atoms with van der Waals surface area (Å²) in [6.45, 7) is 10.1. The SMILES string of the molecule is CC(C)(C)N(CC(CN(C(=O)[O-])C(C)(C)C)c1nc(C(N)=O)cs1)C(=O)[O-]. The Bertz CT molecular complexity index is 671. The van der Waals surface area contributed by atoms with Gasteiger partial charge in [-0.15, -0.1) is 11.3 Å². The van der Waals surface area contributed by atoms with Crippen LogP contribution in [0.25, 0.3) is 0 Å². The molecule has 0 spiro atoms. The molecule has 0 aliphatic heterocycles. The number of carbonyl (C=O) groups is 3. The first kappa shape index (κ1) is 22.7. The van der Waals surface area contributed by atoms with E-state index >= 15 is 0 Å². The highest BCUT2D eigenvalue weighted by Gasteiger charge is 2.31. The van der Waals surface area contributed by atoms with Crippen molar-refractivity contribution in [2.75, 3.05) is 13.1 Å². The van der Waals surface area contributed by atoms with Crippen LogP contribution in [0.4, 0.5) is 9.59 Å². The van der Waals surface area contributed by atoms with Gasteiger partial charge in [-0.2, -0.15) is 0 Å². The van der Waals surface area contributed by atoms with E-state index in [1.54, 1.807) is 41.5 Å². The van der Waals surface area contributed by atoms with E-state index in [-0.39, 0.29) is 18.8 Å². The van der Waals surface area contributed by atoms with E-state index in [9.17, 15) is 24.6 Å². The second-order valence-corrected chi connectivity index (χ2v) is 9.12. The molecule has 0 aromatic carbocycles. The number of aromatic nitrogens is 1. The van der Waals surface area contributed by atoms with Crippen LogP contribution < -0.4 is 15.9 Å². The quantitative estimate of drug-likeness (QED) is 0.726. The van der Waals surface area contributed by atoms with Gasteiger partial charge in [0.1, 0.15) is 22.9 Å². The molecule has 0 bridgehead atoms. The molecule has 2 N–H and O–H groups in total. The predicted molar refractivity (Wildman–Crippen MR) is 97.1 cm³/mol. The molecule has 3 amide bonds. The van der Waals surface area contributed by atoms with Crippen LogP contribution in [0.2, 0.25) is 0 Å². The molecule has 1 aromatic heterocycles. The minimum Gasteiger partial charge on any atom is -0.530 e. The average molecular weight is 398 g/mol. The molecule has 0 aliphatic rings. The zero-order valence-corrected chi connectivity index (χ0v) is 17.3. The molecule has 1 aromatic rings. The third-order valence-corrected chi connectivity index (χ3v) is 5.00. The van der Waals surface area contributed by atoms with Gasteiger partial charge < -0.3 is 35.3 Å². The van der Waals surface area contributed by atoms with Crippen molar-refractivity contribution >= 4 is 29.4 Å². The number of primary amides is 1. The van der Waals surface area contributed by atoms with Crippen LogP contribution in [-0.4, -0.2) is 57.0 Å². The Balaban J connectivity index is 3.32. The van der Waals surface area contributed by atoms with E-state index in [1.807, 2.05) is 0 Å². The predicted octanol–water partition coefficient (Wildman–Crippen LogP) is 0.213. The maximum absolute atomic E-state index is 11.6. The molecular formula is C17H26N4O5S-2. The Hall–Kier alpha value is -2.36. The summed E-state index contributed by atoms with van der Waals surface area (Å²) in [5, 5.41) is 25.1. The fourth-order valence-corrected chi connectivity index (χ4v) is 3.38. The normalized spacial score (nSPS) is 12.1. The van der Waals surface area contributed by atoms with Crippen molar-refractivity contribution in [3.8, 4) is 0 Å². The Morgan fingerprint density at radius 2 is 1.44 bits per heavy atom. The van der Waals surface area contributed by atoms with Gasteiger partial charge in [0.05, 0.1) is 0 Å². The molecule has 0 fully saturated rings. The van der Waals surface area contributed by atoms with Crippen LogP contribution in [0, 0.1) is 0 Å².